The minimum absolute atomic E-state index is 0.977. The molecule has 0 N–H and O–H groups in total. The average molecular weight is 162 g/mol. The Hall–Kier alpha value is -1.22. The lowest BCUT2D eigenvalue weighted by Crippen LogP contribution is -1.71. The number of hydrogen-bond donors (Lipinski definition) is 0. The van der Waals surface area contributed by atoms with Gasteiger partial charge in [-0.3, -0.25) is 0 Å². The third-order valence-corrected chi connectivity index (χ3v) is 2.10. The highest BCUT2D eigenvalue weighted by Gasteiger charge is 1.97. The predicted octanol–water partition coefficient (Wildman–Crippen LogP) is 2.21. The highest BCUT2D eigenvalue weighted by Crippen LogP contribution is 2.18. The summed E-state index contributed by atoms with van der Waals surface area (Å²) in [5.41, 5.74) is 1.13. The number of rotatable bonds is 1. The summed E-state index contributed by atoms with van der Waals surface area (Å²) >= 11 is 1.41. The van der Waals surface area contributed by atoms with Crippen LogP contribution in [0, 0.1) is 0 Å². The summed E-state index contributed by atoms with van der Waals surface area (Å²) in [6.07, 6.45) is 1.58. The number of hydrogen-bond acceptors (Lipinski definition) is 3. The molecule has 11 heavy (non-hydrogen) atoms. The molecule has 0 aliphatic heterocycles. The van der Waals surface area contributed by atoms with Gasteiger partial charge in [-0.2, -0.15) is 4.37 Å². The molecule has 0 aliphatic carbocycles. The number of benzene rings is 1. The first-order valence-corrected chi connectivity index (χ1v) is 4.06. The molecule has 0 spiro atoms. The molecule has 0 amide bonds. The first kappa shape index (κ1) is 6.49. The SMILES string of the molecule is c1ccc(-c2ncns2)cc1. The molecule has 0 saturated carbocycles. The van der Waals surface area contributed by atoms with Crippen LogP contribution in [0.5, 0.6) is 0 Å². The minimum atomic E-state index is 0.977. The summed E-state index contributed by atoms with van der Waals surface area (Å²) in [4.78, 5) is 4.09. The second-order valence-electron chi connectivity index (χ2n) is 2.11. The Balaban J connectivity index is 2.46. The van der Waals surface area contributed by atoms with Crippen molar-refractivity contribution in [3.05, 3.63) is 36.7 Å². The normalized spacial score (nSPS) is 9.82. The molecule has 0 bridgehead atoms. The van der Waals surface area contributed by atoms with Crippen molar-refractivity contribution in [1.82, 2.24) is 9.36 Å². The Morgan fingerprint density at radius 2 is 1.91 bits per heavy atom. The van der Waals surface area contributed by atoms with E-state index >= 15 is 0 Å². The van der Waals surface area contributed by atoms with Gasteiger partial charge < -0.3 is 0 Å². The zero-order chi connectivity index (χ0) is 7.52. The summed E-state index contributed by atoms with van der Waals surface area (Å²) < 4.78 is 3.93. The number of aromatic nitrogens is 2. The van der Waals surface area contributed by atoms with Crippen LogP contribution in [0.1, 0.15) is 0 Å². The molecule has 2 rings (SSSR count). The minimum Gasteiger partial charge on any atom is -0.223 e. The van der Waals surface area contributed by atoms with Gasteiger partial charge in [0.05, 0.1) is 0 Å². The Labute approximate surface area is 68.7 Å². The van der Waals surface area contributed by atoms with E-state index in [2.05, 4.69) is 9.36 Å². The molecule has 1 heterocycles. The van der Waals surface area contributed by atoms with Gasteiger partial charge in [-0.05, 0) is 11.5 Å². The van der Waals surface area contributed by atoms with Crippen molar-refractivity contribution in [1.29, 1.82) is 0 Å². The van der Waals surface area contributed by atoms with Crippen molar-refractivity contribution in [2.45, 2.75) is 0 Å². The summed E-state index contributed by atoms with van der Waals surface area (Å²) in [7, 11) is 0. The third kappa shape index (κ3) is 1.28. The number of nitrogens with zero attached hydrogens (tertiary/aromatic N) is 2. The van der Waals surface area contributed by atoms with E-state index in [1.165, 1.54) is 11.5 Å². The second kappa shape index (κ2) is 2.80. The monoisotopic (exact) mass is 162 g/mol. The largest absolute Gasteiger partial charge is 0.223 e. The van der Waals surface area contributed by atoms with E-state index in [-0.39, 0.29) is 0 Å². The van der Waals surface area contributed by atoms with Gasteiger partial charge >= 0.3 is 0 Å². The molecule has 2 nitrogen and oxygen atoms in total. The first-order valence-electron chi connectivity index (χ1n) is 3.29. The van der Waals surface area contributed by atoms with Gasteiger partial charge in [-0.15, -0.1) is 0 Å². The van der Waals surface area contributed by atoms with E-state index in [4.69, 9.17) is 0 Å². The van der Waals surface area contributed by atoms with Crippen molar-refractivity contribution >= 4 is 11.5 Å². The van der Waals surface area contributed by atoms with Crippen molar-refractivity contribution in [2.24, 2.45) is 0 Å². The van der Waals surface area contributed by atoms with E-state index in [1.54, 1.807) is 6.33 Å². The topological polar surface area (TPSA) is 25.8 Å². The van der Waals surface area contributed by atoms with Crippen LogP contribution in [-0.2, 0) is 0 Å². The lowest BCUT2D eigenvalue weighted by Gasteiger charge is -1.90. The quantitative estimate of drug-likeness (QED) is 0.642. The van der Waals surface area contributed by atoms with Crippen LogP contribution in [0.3, 0.4) is 0 Å². The fourth-order valence-corrected chi connectivity index (χ4v) is 1.41. The maximum atomic E-state index is 4.09. The van der Waals surface area contributed by atoms with E-state index in [0.717, 1.165) is 10.6 Å². The molecule has 2 aromatic rings. The van der Waals surface area contributed by atoms with Crippen LogP contribution >= 0.6 is 11.5 Å². The van der Waals surface area contributed by atoms with E-state index in [9.17, 15) is 0 Å². The summed E-state index contributed by atoms with van der Waals surface area (Å²) in [5.74, 6) is 0. The molecule has 0 saturated heterocycles. The zero-order valence-corrected chi connectivity index (χ0v) is 6.58. The highest BCUT2D eigenvalue weighted by atomic mass is 32.1. The second-order valence-corrected chi connectivity index (χ2v) is 2.89. The van der Waals surface area contributed by atoms with E-state index in [0.29, 0.717) is 0 Å². The summed E-state index contributed by atoms with van der Waals surface area (Å²) in [5, 5.41) is 0.977. The molecule has 0 unspecified atom stereocenters. The van der Waals surface area contributed by atoms with Gasteiger partial charge in [0.25, 0.3) is 0 Å². The standard InChI is InChI=1S/C8H6N2S/c1-2-4-7(5-3-1)8-9-6-10-11-8/h1-6H. The Morgan fingerprint density at radius 3 is 2.55 bits per heavy atom. The van der Waals surface area contributed by atoms with Gasteiger partial charge in [0.1, 0.15) is 11.3 Å². The molecule has 1 aromatic carbocycles. The van der Waals surface area contributed by atoms with Crippen LogP contribution < -0.4 is 0 Å². The lowest BCUT2D eigenvalue weighted by molar-refractivity contribution is 1.33. The maximum Gasteiger partial charge on any atom is 0.143 e. The molecule has 0 radical (unpaired) electrons. The molecule has 0 aliphatic rings. The molecule has 0 fully saturated rings. The van der Waals surface area contributed by atoms with Crippen LogP contribution in [0.4, 0.5) is 0 Å². The molecule has 54 valence electrons. The maximum absolute atomic E-state index is 4.09. The van der Waals surface area contributed by atoms with Crippen molar-refractivity contribution in [2.75, 3.05) is 0 Å². The molecular formula is C8H6N2S. The van der Waals surface area contributed by atoms with E-state index in [1.807, 2.05) is 30.3 Å². The van der Waals surface area contributed by atoms with Gasteiger partial charge in [0.15, 0.2) is 0 Å². The van der Waals surface area contributed by atoms with Gasteiger partial charge in [0.2, 0.25) is 0 Å². The lowest BCUT2D eigenvalue weighted by atomic mass is 10.2. The van der Waals surface area contributed by atoms with Gasteiger partial charge in [0, 0.05) is 5.56 Å². The Morgan fingerprint density at radius 1 is 1.09 bits per heavy atom. The molecule has 1 aromatic heterocycles. The van der Waals surface area contributed by atoms with E-state index < -0.39 is 0 Å². The zero-order valence-electron chi connectivity index (χ0n) is 5.77. The van der Waals surface area contributed by atoms with Crippen LogP contribution in [0.15, 0.2) is 36.7 Å². The predicted molar refractivity (Wildman–Crippen MR) is 45.3 cm³/mol. The fourth-order valence-electron chi connectivity index (χ4n) is 0.881. The average Bonchev–Trinajstić information content (AvgIpc) is 2.58. The van der Waals surface area contributed by atoms with Crippen molar-refractivity contribution in [3.63, 3.8) is 0 Å². The summed E-state index contributed by atoms with van der Waals surface area (Å²) in [6.45, 7) is 0. The van der Waals surface area contributed by atoms with Crippen LogP contribution in [0.25, 0.3) is 10.6 Å². The van der Waals surface area contributed by atoms with Crippen molar-refractivity contribution in [3.8, 4) is 10.6 Å². The molecule has 3 heteroatoms. The van der Waals surface area contributed by atoms with Gasteiger partial charge in [-0.1, -0.05) is 30.3 Å². The smallest absolute Gasteiger partial charge is 0.143 e. The van der Waals surface area contributed by atoms with Crippen molar-refractivity contribution < 1.29 is 0 Å². The molecular weight excluding hydrogens is 156 g/mol. The summed E-state index contributed by atoms with van der Waals surface area (Å²) in [6, 6.07) is 10.0. The molecule has 0 atom stereocenters. The Kier molecular flexibility index (Phi) is 1.65. The third-order valence-electron chi connectivity index (χ3n) is 1.38. The first-order chi connectivity index (χ1) is 5.47. The highest BCUT2D eigenvalue weighted by molar-refractivity contribution is 7.09. The van der Waals surface area contributed by atoms with Crippen LogP contribution in [-0.4, -0.2) is 9.36 Å². The fraction of sp³-hybridized carbons (Fsp3) is 0. The Bertz CT molecular complexity index is 315. The van der Waals surface area contributed by atoms with Gasteiger partial charge in [-0.25, -0.2) is 4.98 Å². The van der Waals surface area contributed by atoms with Crippen LogP contribution in [0.2, 0.25) is 0 Å².